The maximum absolute atomic E-state index is 13.7. The molecule has 0 radical (unpaired) electrons. The number of piperazine rings is 1. The van der Waals surface area contributed by atoms with Gasteiger partial charge >= 0.3 is 0 Å². The molecule has 1 saturated heterocycles. The molecule has 1 heterocycles. The number of nitrogens with two attached hydrogens (primary N) is 1. The summed E-state index contributed by atoms with van der Waals surface area (Å²) in [5, 5.41) is 3.11. The SMILES string of the molecule is NC(=O)C(c1c(F)cccc1F)N1CCNCC1. The number of hydrogen-bond acceptors (Lipinski definition) is 3. The molecule has 1 aromatic carbocycles. The Labute approximate surface area is 104 Å². The van der Waals surface area contributed by atoms with Crippen molar-refractivity contribution >= 4 is 5.91 Å². The van der Waals surface area contributed by atoms with Crippen molar-refractivity contribution in [3.8, 4) is 0 Å². The average Bonchev–Trinajstić information content (AvgIpc) is 2.34. The van der Waals surface area contributed by atoms with Crippen LogP contribution in [0.3, 0.4) is 0 Å². The van der Waals surface area contributed by atoms with Crippen LogP contribution in [0.25, 0.3) is 0 Å². The zero-order chi connectivity index (χ0) is 13.1. The highest BCUT2D eigenvalue weighted by Gasteiger charge is 2.31. The van der Waals surface area contributed by atoms with Crippen LogP contribution >= 0.6 is 0 Å². The van der Waals surface area contributed by atoms with Crippen LogP contribution in [0.4, 0.5) is 8.78 Å². The molecular weight excluding hydrogens is 240 g/mol. The topological polar surface area (TPSA) is 58.4 Å². The quantitative estimate of drug-likeness (QED) is 0.821. The zero-order valence-corrected chi connectivity index (χ0v) is 9.83. The lowest BCUT2D eigenvalue weighted by Crippen LogP contribution is -2.49. The molecular formula is C12H15F2N3O. The summed E-state index contributed by atoms with van der Waals surface area (Å²) in [4.78, 5) is 13.2. The third kappa shape index (κ3) is 2.49. The number of rotatable bonds is 3. The van der Waals surface area contributed by atoms with Gasteiger partial charge in [-0.05, 0) is 12.1 Å². The molecule has 0 saturated carbocycles. The summed E-state index contributed by atoms with van der Waals surface area (Å²) >= 11 is 0. The molecule has 0 bridgehead atoms. The summed E-state index contributed by atoms with van der Waals surface area (Å²) in [5.41, 5.74) is 5.05. The lowest BCUT2D eigenvalue weighted by Gasteiger charge is -2.33. The van der Waals surface area contributed by atoms with E-state index >= 15 is 0 Å². The highest BCUT2D eigenvalue weighted by Crippen LogP contribution is 2.26. The van der Waals surface area contributed by atoms with E-state index in [1.54, 1.807) is 4.90 Å². The summed E-state index contributed by atoms with van der Waals surface area (Å²) in [6, 6.07) is 2.49. The summed E-state index contributed by atoms with van der Waals surface area (Å²) < 4.78 is 27.5. The van der Waals surface area contributed by atoms with E-state index in [2.05, 4.69) is 5.32 Å². The van der Waals surface area contributed by atoms with Gasteiger partial charge in [0, 0.05) is 26.2 Å². The van der Waals surface area contributed by atoms with E-state index in [9.17, 15) is 13.6 Å². The van der Waals surface area contributed by atoms with Crippen molar-refractivity contribution in [2.75, 3.05) is 26.2 Å². The first-order valence-corrected chi connectivity index (χ1v) is 5.79. The number of benzene rings is 1. The Kier molecular flexibility index (Phi) is 3.88. The molecule has 1 unspecified atom stereocenters. The lowest BCUT2D eigenvalue weighted by molar-refractivity contribution is -0.124. The van der Waals surface area contributed by atoms with Crippen LogP contribution < -0.4 is 11.1 Å². The van der Waals surface area contributed by atoms with Gasteiger partial charge in [0.1, 0.15) is 17.7 Å². The maximum atomic E-state index is 13.7. The Morgan fingerprint density at radius 1 is 1.28 bits per heavy atom. The van der Waals surface area contributed by atoms with Crippen LogP contribution in [0.15, 0.2) is 18.2 Å². The molecule has 1 aliphatic heterocycles. The molecule has 0 aliphatic carbocycles. The number of hydrogen-bond donors (Lipinski definition) is 2. The molecule has 0 spiro atoms. The van der Waals surface area contributed by atoms with Crippen molar-refractivity contribution < 1.29 is 13.6 Å². The van der Waals surface area contributed by atoms with Crippen LogP contribution in [-0.2, 0) is 4.79 Å². The predicted molar refractivity (Wildman–Crippen MR) is 62.7 cm³/mol. The van der Waals surface area contributed by atoms with Crippen molar-refractivity contribution in [2.45, 2.75) is 6.04 Å². The number of amides is 1. The molecule has 4 nitrogen and oxygen atoms in total. The molecule has 1 aliphatic rings. The molecule has 6 heteroatoms. The Bertz CT molecular complexity index is 427. The van der Waals surface area contributed by atoms with E-state index < -0.39 is 23.6 Å². The second-order valence-corrected chi connectivity index (χ2v) is 4.23. The van der Waals surface area contributed by atoms with Crippen molar-refractivity contribution in [3.63, 3.8) is 0 Å². The first kappa shape index (κ1) is 12.9. The molecule has 2 rings (SSSR count). The molecule has 98 valence electrons. The number of carbonyl (C=O) groups excluding carboxylic acids is 1. The van der Waals surface area contributed by atoms with Gasteiger partial charge in [-0.15, -0.1) is 0 Å². The Balaban J connectivity index is 2.37. The fourth-order valence-electron chi connectivity index (χ4n) is 2.22. The zero-order valence-electron chi connectivity index (χ0n) is 9.83. The molecule has 1 fully saturated rings. The number of carbonyl (C=O) groups is 1. The minimum Gasteiger partial charge on any atom is -0.368 e. The Hall–Kier alpha value is -1.53. The third-order valence-electron chi connectivity index (χ3n) is 3.06. The van der Waals surface area contributed by atoms with E-state index in [-0.39, 0.29) is 5.56 Å². The second-order valence-electron chi connectivity index (χ2n) is 4.23. The Morgan fingerprint density at radius 2 is 1.83 bits per heavy atom. The van der Waals surface area contributed by atoms with E-state index in [4.69, 9.17) is 5.73 Å². The van der Waals surface area contributed by atoms with Gasteiger partial charge in [0.2, 0.25) is 5.91 Å². The number of nitrogens with zero attached hydrogens (tertiary/aromatic N) is 1. The van der Waals surface area contributed by atoms with Gasteiger partial charge in [0.15, 0.2) is 0 Å². The minimum absolute atomic E-state index is 0.257. The number of nitrogens with one attached hydrogen (secondary N) is 1. The van der Waals surface area contributed by atoms with Crippen molar-refractivity contribution in [1.29, 1.82) is 0 Å². The van der Waals surface area contributed by atoms with Crippen LogP contribution in [0.2, 0.25) is 0 Å². The molecule has 3 N–H and O–H groups in total. The largest absolute Gasteiger partial charge is 0.368 e. The monoisotopic (exact) mass is 255 g/mol. The fraction of sp³-hybridized carbons (Fsp3) is 0.417. The summed E-state index contributed by atoms with van der Waals surface area (Å²) in [5.74, 6) is -2.21. The molecule has 1 amide bonds. The van der Waals surface area contributed by atoms with Crippen LogP contribution in [0.1, 0.15) is 11.6 Å². The van der Waals surface area contributed by atoms with Crippen LogP contribution in [-0.4, -0.2) is 37.0 Å². The summed E-state index contributed by atoms with van der Waals surface area (Å²) in [6.07, 6.45) is 0. The van der Waals surface area contributed by atoms with Gasteiger partial charge in [-0.1, -0.05) is 6.07 Å². The van der Waals surface area contributed by atoms with Gasteiger partial charge in [-0.3, -0.25) is 9.69 Å². The minimum atomic E-state index is -1.05. The molecule has 1 atom stereocenters. The first-order chi connectivity index (χ1) is 8.61. The van der Waals surface area contributed by atoms with Gasteiger partial charge < -0.3 is 11.1 Å². The summed E-state index contributed by atoms with van der Waals surface area (Å²) in [6.45, 7) is 2.39. The van der Waals surface area contributed by atoms with Crippen LogP contribution in [0, 0.1) is 11.6 Å². The van der Waals surface area contributed by atoms with E-state index in [1.807, 2.05) is 0 Å². The number of halogens is 2. The van der Waals surface area contributed by atoms with E-state index in [1.165, 1.54) is 6.07 Å². The average molecular weight is 255 g/mol. The maximum Gasteiger partial charge on any atom is 0.239 e. The smallest absolute Gasteiger partial charge is 0.239 e. The first-order valence-electron chi connectivity index (χ1n) is 5.79. The van der Waals surface area contributed by atoms with Gasteiger partial charge in [-0.25, -0.2) is 8.78 Å². The van der Waals surface area contributed by atoms with E-state index in [0.29, 0.717) is 26.2 Å². The molecule has 0 aromatic heterocycles. The Morgan fingerprint density at radius 3 is 2.33 bits per heavy atom. The van der Waals surface area contributed by atoms with Crippen molar-refractivity contribution in [3.05, 3.63) is 35.4 Å². The normalized spacial score (nSPS) is 18.6. The van der Waals surface area contributed by atoms with Gasteiger partial charge in [0.25, 0.3) is 0 Å². The lowest BCUT2D eigenvalue weighted by atomic mass is 10.0. The number of primary amides is 1. The second kappa shape index (κ2) is 5.41. The predicted octanol–water partition coefficient (Wildman–Crippen LogP) is 0.396. The van der Waals surface area contributed by atoms with Crippen molar-refractivity contribution in [2.24, 2.45) is 5.73 Å². The van der Waals surface area contributed by atoms with E-state index in [0.717, 1.165) is 12.1 Å². The van der Waals surface area contributed by atoms with Crippen molar-refractivity contribution in [1.82, 2.24) is 10.2 Å². The standard InChI is InChI=1S/C12H15F2N3O/c13-8-2-1-3-9(14)10(8)11(12(15)18)17-6-4-16-5-7-17/h1-3,11,16H,4-7H2,(H2,15,18). The molecule has 18 heavy (non-hydrogen) atoms. The fourth-order valence-corrected chi connectivity index (χ4v) is 2.22. The van der Waals surface area contributed by atoms with Gasteiger partial charge in [-0.2, -0.15) is 0 Å². The summed E-state index contributed by atoms with van der Waals surface area (Å²) in [7, 11) is 0. The van der Waals surface area contributed by atoms with Crippen LogP contribution in [0.5, 0.6) is 0 Å². The highest BCUT2D eigenvalue weighted by molar-refractivity contribution is 5.81. The molecule has 1 aromatic rings. The highest BCUT2D eigenvalue weighted by atomic mass is 19.1. The van der Waals surface area contributed by atoms with Gasteiger partial charge in [0.05, 0.1) is 5.56 Å². The third-order valence-corrected chi connectivity index (χ3v) is 3.06.